The molecule has 0 heterocycles. The average molecular weight is 366 g/mol. The van der Waals surface area contributed by atoms with Crippen LogP contribution in [0.25, 0.3) is 10.8 Å². The molecule has 0 aliphatic heterocycles. The van der Waals surface area contributed by atoms with Crippen molar-refractivity contribution in [2.45, 2.75) is 25.2 Å². The van der Waals surface area contributed by atoms with Gasteiger partial charge in [-0.25, -0.2) is 0 Å². The third-order valence-corrected chi connectivity index (χ3v) is 4.45. The van der Waals surface area contributed by atoms with E-state index in [-0.39, 0.29) is 11.5 Å². The number of methoxy groups -OCH3 is 2. The molecule has 1 unspecified atom stereocenters. The number of hydrogen-bond acceptors (Lipinski definition) is 6. The number of carbonyl (C=O) groups is 1. The summed E-state index contributed by atoms with van der Waals surface area (Å²) in [6.45, 7) is 3.78. The Morgan fingerprint density at radius 2 is 1.68 bits per heavy atom. The van der Waals surface area contributed by atoms with Crippen molar-refractivity contribution >= 4 is 27.5 Å². The van der Waals surface area contributed by atoms with Gasteiger partial charge in [-0.1, -0.05) is 6.92 Å². The minimum atomic E-state index is -1.17. The van der Waals surface area contributed by atoms with Crippen LogP contribution in [0, 0.1) is 0 Å². The molecule has 2 aromatic rings. The number of carbonyl (C=O) groups excluding carboxylic acids is 1. The van der Waals surface area contributed by atoms with Crippen molar-refractivity contribution in [2.24, 2.45) is 0 Å². The highest BCUT2D eigenvalue weighted by molar-refractivity contribution is 7.84. The largest absolute Gasteiger partial charge is 0.490 e. The second-order valence-electron chi connectivity index (χ2n) is 5.33. The summed E-state index contributed by atoms with van der Waals surface area (Å²) in [5.41, 5.74) is 0. The second-order valence-corrected chi connectivity index (χ2v) is 6.71. The van der Waals surface area contributed by atoms with Crippen LogP contribution in [0.4, 0.5) is 0 Å². The van der Waals surface area contributed by atoms with Gasteiger partial charge in [0.15, 0.2) is 11.5 Å². The summed E-state index contributed by atoms with van der Waals surface area (Å²) in [7, 11) is 1.79. The first-order valence-electron chi connectivity index (χ1n) is 7.80. The zero-order chi connectivity index (χ0) is 18.6. The molecule has 0 saturated carbocycles. The summed E-state index contributed by atoms with van der Waals surface area (Å²) < 4.78 is 34.1. The Labute approximate surface area is 149 Å². The van der Waals surface area contributed by atoms with Crippen LogP contribution in [0.15, 0.2) is 23.1 Å². The van der Waals surface area contributed by atoms with E-state index in [1.165, 1.54) is 21.1 Å². The summed E-state index contributed by atoms with van der Waals surface area (Å²) in [5.74, 6) is 0.853. The molecule has 0 aromatic heterocycles. The molecule has 0 aliphatic rings. The van der Waals surface area contributed by atoms with Crippen molar-refractivity contribution in [1.82, 2.24) is 0 Å². The molecule has 2 aromatic carbocycles. The third kappa shape index (κ3) is 3.87. The minimum Gasteiger partial charge on any atom is -0.490 e. The van der Waals surface area contributed by atoms with Gasteiger partial charge in [0.05, 0.1) is 20.8 Å². The summed E-state index contributed by atoms with van der Waals surface area (Å²) >= 11 is 0. The molecule has 0 amide bonds. The Hall–Kier alpha value is -2.28. The smallest absolute Gasteiger partial charge is 0.308 e. The quantitative estimate of drug-likeness (QED) is 0.553. The lowest BCUT2D eigenvalue weighted by Crippen LogP contribution is -2.07. The fraction of sp³-hybridized carbons (Fsp3) is 0.389. The highest BCUT2D eigenvalue weighted by atomic mass is 32.2. The van der Waals surface area contributed by atoms with E-state index >= 15 is 0 Å². The molecular formula is C18H22O6S. The lowest BCUT2D eigenvalue weighted by Gasteiger charge is -2.20. The average Bonchev–Trinajstić information content (AvgIpc) is 2.59. The van der Waals surface area contributed by atoms with Gasteiger partial charge in [-0.3, -0.25) is 9.00 Å². The molecular weight excluding hydrogens is 344 g/mol. The maximum atomic E-state index is 11.9. The Kier molecular flexibility index (Phi) is 6.25. The first kappa shape index (κ1) is 19.1. The van der Waals surface area contributed by atoms with Gasteiger partial charge in [0.25, 0.3) is 0 Å². The number of rotatable bonds is 7. The van der Waals surface area contributed by atoms with Crippen LogP contribution in [0.1, 0.15) is 20.3 Å². The predicted octanol–water partition coefficient (Wildman–Crippen LogP) is 3.31. The van der Waals surface area contributed by atoms with Crippen molar-refractivity contribution in [3.63, 3.8) is 0 Å². The topological polar surface area (TPSA) is 71.1 Å². The fourth-order valence-corrected chi connectivity index (χ4v) is 3.05. The van der Waals surface area contributed by atoms with Gasteiger partial charge < -0.3 is 18.9 Å². The molecule has 136 valence electrons. The van der Waals surface area contributed by atoms with Crippen LogP contribution >= 0.6 is 0 Å². The number of hydrogen-bond donors (Lipinski definition) is 0. The number of esters is 1. The van der Waals surface area contributed by atoms with Crippen LogP contribution in [-0.2, 0) is 15.6 Å². The molecule has 0 saturated heterocycles. The number of benzene rings is 2. The molecule has 7 heteroatoms. The van der Waals surface area contributed by atoms with Crippen molar-refractivity contribution in [2.75, 3.05) is 27.1 Å². The van der Waals surface area contributed by atoms with Gasteiger partial charge in [-0.15, -0.1) is 0 Å². The molecule has 0 spiro atoms. The predicted molar refractivity (Wildman–Crippen MR) is 96.5 cm³/mol. The molecule has 0 fully saturated rings. The van der Waals surface area contributed by atoms with Gasteiger partial charge in [-0.05, 0) is 24.6 Å². The number of ether oxygens (including phenoxy) is 4. The lowest BCUT2D eigenvalue weighted by molar-refractivity contribution is -0.131. The highest BCUT2D eigenvalue weighted by Crippen LogP contribution is 2.51. The van der Waals surface area contributed by atoms with E-state index in [0.717, 1.165) is 6.42 Å². The SMILES string of the molecule is CCCOc1c(OC)c(OC)c(OC(C)=O)c2ccc(S(C)=O)cc12. The van der Waals surface area contributed by atoms with Crippen LogP contribution < -0.4 is 18.9 Å². The van der Waals surface area contributed by atoms with Gasteiger partial charge in [0.1, 0.15) is 0 Å². The van der Waals surface area contributed by atoms with Gasteiger partial charge in [0, 0.05) is 39.6 Å². The summed E-state index contributed by atoms with van der Waals surface area (Å²) in [5, 5.41) is 1.27. The lowest BCUT2D eigenvalue weighted by atomic mass is 10.1. The first-order chi connectivity index (χ1) is 11.9. The Morgan fingerprint density at radius 1 is 1.04 bits per heavy atom. The van der Waals surface area contributed by atoms with E-state index in [0.29, 0.717) is 33.8 Å². The van der Waals surface area contributed by atoms with Crippen molar-refractivity contribution in [1.29, 1.82) is 0 Å². The molecule has 0 radical (unpaired) electrons. The van der Waals surface area contributed by atoms with Crippen LogP contribution in [0.5, 0.6) is 23.0 Å². The van der Waals surface area contributed by atoms with E-state index in [9.17, 15) is 9.00 Å². The second kappa shape index (κ2) is 8.20. The Morgan fingerprint density at radius 3 is 2.20 bits per heavy atom. The zero-order valence-electron chi connectivity index (χ0n) is 15.0. The van der Waals surface area contributed by atoms with E-state index < -0.39 is 16.8 Å². The zero-order valence-corrected chi connectivity index (χ0v) is 15.8. The van der Waals surface area contributed by atoms with E-state index in [1.807, 2.05) is 6.92 Å². The standard InChI is InChI=1S/C18H22O6S/c1-6-9-23-15-14-10-12(25(5)20)7-8-13(14)16(24-11(2)19)18(22-4)17(15)21-3/h7-8,10H,6,9H2,1-5H3. The van der Waals surface area contributed by atoms with E-state index in [1.54, 1.807) is 24.5 Å². The molecule has 25 heavy (non-hydrogen) atoms. The maximum Gasteiger partial charge on any atom is 0.308 e. The van der Waals surface area contributed by atoms with Crippen molar-refractivity contribution in [3.8, 4) is 23.0 Å². The van der Waals surface area contributed by atoms with Gasteiger partial charge in [0.2, 0.25) is 11.5 Å². The molecule has 1 atom stereocenters. The Bertz CT molecular complexity index is 815. The molecule has 0 bridgehead atoms. The highest BCUT2D eigenvalue weighted by Gasteiger charge is 2.25. The van der Waals surface area contributed by atoms with Crippen molar-refractivity contribution < 1.29 is 28.0 Å². The molecule has 2 rings (SSSR count). The summed E-state index contributed by atoms with van der Waals surface area (Å²) in [6, 6.07) is 5.22. The summed E-state index contributed by atoms with van der Waals surface area (Å²) in [6.07, 6.45) is 2.40. The summed E-state index contributed by atoms with van der Waals surface area (Å²) in [4.78, 5) is 12.2. The third-order valence-electron chi connectivity index (χ3n) is 3.54. The monoisotopic (exact) mass is 366 g/mol. The van der Waals surface area contributed by atoms with Crippen LogP contribution in [-0.4, -0.2) is 37.3 Å². The van der Waals surface area contributed by atoms with Crippen LogP contribution in [0.3, 0.4) is 0 Å². The number of fused-ring (bicyclic) bond motifs is 1. The van der Waals surface area contributed by atoms with E-state index in [4.69, 9.17) is 18.9 Å². The van der Waals surface area contributed by atoms with E-state index in [2.05, 4.69) is 0 Å². The first-order valence-corrected chi connectivity index (χ1v) is 9.36. The van der Waals surface area contributed by atoms with Crippen LogP contribution in [0.2, 0.25) is 0 Å². The van der Waals surface area contributed by atoms with Gasteiger partial charge >= 0.3 is 5.97 Å². The fourth-order valence-electron chi connectivity index (χ4n) is 2.50. The Balaban J connectivity index is 2.90. The maximum absolute atomic E-state index is 11.9. The molecule has 0 aliphatic carbocycles. The molecule has 6 nitrogen and oxygen atoms in total. The van der Waals surface area contributed by atoms with Gasteiger partial charge in [-0.2, -0.15) is 0 Å². The van der Waals surface area contributed by atoms with Crippen molar-refractivity contribution in [3.05, 3.63) is 18.2 Å². The minimum absolute atomic E-state index is 0.249. The normalized spacial score (nSPS) is 11.9. The molecule has 0 N–H and O–H groups in total.